The van der Waals surface area contributed by atoms with E-state index in [9.17, 15) is 18.0 Å². The van der Waals surface area contributed by atoms with Crippen LogP contribution in [0, 0.1) is 0 Å². The Hall–Kier alpha value is -4.46. The number of carboxylic acids is 1. The Bertz CT molecular complexity index is 1620. The van der Waals surface area contributed by atoms with E-state index in [0.29, 0.717) is 41.6 Å². The van der Waals surface area contributed by atoms with Gasteiger partial charge < -0.3 is 28.4 Å². The lowest BCUT2D eigenvalue weighted by atomic mass is 9.99. The van der Waals surface area contributed by atoms with Crippen LogP contribution in [0.15, 0.2) is 51.5 Å². The molecule has 3 fully saturated rings. The smallest absolute Gasteiger partial charge is 0.478 e. The van der Waals surface area contributed by atoms with E-state index in [2.05, 4.69) is 30.0 Å². The summed E-state index contributed by atoms with van der Waals surface area (Å²) in [4.78, 5) is 17.4. The van der Waals surface area contributed by atoms with Crippen LogP contribution in [0.2, 0.25) is 0 Å². The first-order valence-corrected chi connectivity index (χ1v) is 14.0. The van der Waals surface area contributed by atoms with Crippen LogP contribution in [0.3, 0.4) is 0 Å². The molecule has 3 aliphatic rings. The van der Waals surface area contributed by atoms with Gasteiger partial charge in [-0.25, -0.2) is 4.79 Å². The first-order chi connectivity index (χ1) is 20.7. The average molecular weight is 598 g/mol. The Morgan fingerprint density at radius 1 is 1.05 bits per heavy atom. The molecular weight excluding hydrogens is 571 g/mol. The van der Waals surface area contributed by atoms with E-state index >= 15 is 0 Å². The van der Waals surface area contributed by atoms with Gasteiger partial charge in [-0.2, -0.15) is 0 Å². The van der Waals surface area contributed by atoms with Crippen LogP contribution < -0.4 is 9.64 Å². The maximum atomic E-state index is 13.1. The summed E-state index contributed by atoms with van der Waals surface area (Å²) in [5.41, 5.74) is 1.59. The molecule has 0 amide bonds. The lowest BCUT2D eigenvalue weighted by Gasteiger charge is -2.37. The number of nitrogens with zero attached hydrogens (tertiary/aromatic N) is 5. The summed E-state index contributed by atoms with van der Waals surface area (Å²) in [5, 5.41) is 21.6. The fraction of sp³-hybridized carbons (Fsp3) is 0.414. The van der Waals surface area contributed by atoms with Crippen LogP contribution in [0.1, 0.15) is 66.1 Å². The number of carboxylic acid groups (broad SMARTS) is 1. The molecule has 1 aliphatic carbocycles. The van der Waals surface area contributed by atoms with Crippen LogP contribution in [-0.2, 0) is 11.3 Å². The molecule has 0 radical (unpaired) electrons. The molecule has 3 aromatic heterocycles. The lowest BCUT2D eigenvalue weighted by molar-refractivity contribution is -0.274. The molecule has 5 heterocycles. The van der Waals surface area contributed by atoms with E-state index in [-0.39, 0.29) is 53.5 Å². The number of benzene rings is 1. The molecule has 2 atom stereocenters. The van der Waals surface area contributed by atoms with Crippen molar-refractivity contribution >= 4 is 12.0 Å². The fourth-order valence-corrected chi connectivity index (χ4v) is 6.06. The molecular formula is C29H26F3N5O6. The Morgan fingerprint density at radius 3 is 2.49 bits per heavy atom. The lowest BCUT2D eigenvalue weighted by Crippen LogP contribution is -2.45. The van der Waals surface area contributed by atoms with E-state index < -0.39 is 12.3 Å². The normalized spacial score (nSPS) is 21.7. The molecule has 2 aliphatic heterocycles. The number of carbonyl (C=O) groups is 1. The molecule has 4 aromatic rings. The largest absolute Gasteiger partial charge is 0.573 e. The molecule has 0 spiro atoms. The van der Waals surface area contributed by atoms with Crippen LogP contribution in [0.4, 0.5) is 19.2 Å². The van der Waals surface area contributed by atoms with Gasteiger partial charge in [-0.1, -0.05) is 22.4 Å². The van der Waals surface area contributed by atoms with Crippen molar-refractivity contribution in [1.29, 1.82) is 0 Å². The molecule has 14 heteroatoms. The molecule has 2 saturated heterocycles. The van der Waals surface area contributed by atoms with Crippen LogP contribution in [0.5, 0.6) is 5.75 Å². The molecule has 1 N–H and O–H groups in total. The number of aromatic carboxylic acids is 1. The van der Waals surface area contributed by atoms with Crippen molar-refractivity contribution in [1.82, 2.24) is 20.3 Å². The molecule has 2 unspecified atom stereocenters. The monoisotopic (exact) mass is 597 g/mol. The summed E-state index contributed by atoms with van der Waals surface area (Å²) in [5.74, 6) is -0.385. The number of ether oxygens (including phenoxy) is 2. The second-order valence-corrected chi connectivity index (χ2v) is 11.0. The van der Waals surface area contributed by atoms with Gasteiger partial charge in [0.1, 0.15) is 22.9 Å². The third kappa shape index (κ3) is 5.54. The van der Waals surface area contributed by atoms with Gasteiger partial charge in [0.05, 0.1) is 18.3 Å². The highest BCUT2D eigenvalue weighted by Crippen LogP contribution is 2.46. The van der Waals surface area contributed by atoms with Gasteiger partial charge in [0.2, 0.25) is 0 Å². The maximum Gasteiger partial charge on any atom is 0.573 e. The zero-order chi connectivity index (χ0) is 29.7. The van der Waals surface area contributed by atoms with Crippen LogP contribution in [0.25, 0.3) is 22.8 Å². The highest BCUT2D eigenvalue weighted by Gasteiger charge is 2.44. The topological polar surface area (TPSA) is 137 Å². The van der Waals surface area contributed by atoms with Crippen LogP contribution in [-0.4, -0.2) is 56.0 Å². The van der Waals surface area contributed by atoms with Crippen molar-refractivity contribution in [2.75, 3.05) is 4.90 Å². The van der Waals surface area contributed by atoms with Gasteiger partial charge in [0.15, 0.2) is 0 Å². The third-order valence-corrected chi connectivity index (χ3v) is 8.15. The number of hydrogen-bond donors (Lipinski definition) is 1. The molecule has 1 saturated carbocycles. The summed E-state index contributed by atoms with van der Waals surface area (Å²) in [7, 11) is 0. The number of rotatable bonds is 9. The number of alkyl halides is 3. The van der Waals surface area contributed by atoms with Crippen LogP contribution >= 0.6 is 0 Å². The quantitative estimate of drug-likeness (QED) is 0.244. The SMILES string of the molecule is O=C(O)c1ccc(-c2nnc(N3C4CCC3CC(OCc3c(-c5ccccc5OC(F)(F)F)noc3C3CC3)C4)o2)nc1. The van der Waals surface area contributed by atoms with Gasteiger partial charge >= 0.3 is 18.3 Å². The highest BCUT2D eigenvalue weighted by atomic mass is 19.4. The predicted octanol–water partition coefficient (Wildman–Crippen LogP) is 5.98. The Morgan fingerprint density at radius 2 is 1.81 bits per heavy atom. The number of pyridine rings is 1. The number of piperidine rings is 1. The molecule has 224 valence electrons. The molecule has 2 bridgehead atoms. The molecule has 1 aromatic carbocycles. The van der Waals surface area contributed by atoms with E-state index in [1.54, 1.807) is 6.07 Å². The van der Waals surface area contributed by atoms with E-state index in [0.717, 1.165) is 25.7 Å². The predicted molar refractivity (Wildman–Crippen MR) is 142 cm³/mol. The number of fused-ring (bicyclic) bond motifs is 2. The van der Waals surface area contributed by atoms with E-state index in [4.69, 9.17) is 18.8 Å². The van der Waals surface area contributed by atoms with E-state index in [1.807, 2.05) is 0 Å². The van der Waals surface area contributed by atoms with Crippen molar-refractivity contribution in [3.05, 3.63) is 59.5 Å². The summed E-state index contributed by atoms with van der Waals surface area (Å²) in [6, 6.07) is 9.44. The summed E-state index contributed by atoms with van der Waals surface area (Å²) in [6.45, 7) is 0.151. The Balaban J connectivity index is 1.06. The van der Waals surface area contributed by atoms with Crippen molar-refractivity contribution in [2.45, 2.75) is 75.6 Å². The zero-order valence-electron chi connectivity index (χ0n) is 22.7. The van der Waals surface area contributed by atoms with Crippen molar-refractivity contribution < 1.29 is 41.5 Å². The first kappa shape index (κ1) is 27.4. The van der Waals surface area contributed by atoms with Gasteiger partial charge in [-0.15, -0.1) is 18.3 Å². The number of para-hydroxylation sites is 1. The highest BCUT2D eigenvalue weighted by molar-refractivity contribution is 5.87. The zero-order valence-corrected chi connectivity index (χ0v) is 22.7. The first-order valence-electron chi connectivity index (χ1n) is 14.0. The minimum absolute atomic E-state index is 0.0602. The van der Waals surface area contributed by atoms with E-state index in [1.165, 1.54) is 36.5 Å². The van der Waals surface area contributed by atoms with Gasteiger partial charge in [-0.05, 0) is 62.8 Å². The molecule has 7 rings (SSSR count). The fourth-order valence-electron chi connectivity index (χ4n) is 6.06. The second kappa shape index (κ2) is 10.7. The van der Waals surface area contributed by atoms with Crippen molar-refractivity contribution in [2.24, 2.45) is 0 Å². The Kier molecular flexibility index (Phi) is 6.79. The maximum absolute atomic E-state index is 13.1. The van der Waals surface area contributed by atoms with Gasteiger partial charge in [0.25, 0.3) is 5.89 Å². The van der Waals surface area contributed by atoms with Gasteiger partial charge in [-0.3, -0.25) is 4.98 Å². The number of aromatic nitrogens is 4. The van der Waals surface area contributed by atoms with Crippen molar-refractivity contribution in [3.8, 4) is 28.6 Å². The molecule has 11 nitrogen and oxygen atoms in total. The van der Waals surface area contributed by atoms with Gasteiger partial charge in [0, 0.05) is 35.3 Å². The third-order valence-electron chi connectivity index (χ3n) is 8.15. The second-order valence-electron chi connectivity index (χ2n) is 11.0. The Labute approximate surface area is 242 Å². The minimum Gasteiger partial charge on any atom is -0.478 e. The minimum atomic E-state index is -4.84. The number of anilines is 1. The average Bonchev–Trinajstić information content (AvgIpc) is 3.44. The summed E-state index contributed by atoms with van der Waals surface area (Å²) < 4.78 is 61.6. The molecule has 43 heavy (non-hydrogen) atoms. The summed E-state index contributed by atoms with van der Waals surface area (Å²) in [6.07, 6.45) is 1.39. The van der Waals surface area contributed by atoms with Crippen molar-refractivity contribution in [3.63, 3.8) is 0 Å². The summed E-state index contributed by atoms with van der Waals surface area (Å²) >= 11 is 0. The number of hydrogen-bond acceptors (Lipinski definition) is 10. The number of halogens is 3. The standard InChI is InChI=1S/C29H26F3N5O6/c30-29(31,32)42-23-4-2-1-3-20(23)24-21(25(43-36-24)15-5-6-15)14-40-19-11-17-8-9-18(12-19)37(17)28-35-34-26(41-28)22-10-7-16(13-33-22)27(38)39/h1-4,7,10,13,15,17-19H,5-6,8-9,11-12,14H2,(H,38,39).